The van der Waals surface area contributed by atoms with Gasteiger partial charge in [0.2, 0.25) is 5.88 Å². The summed E-state index contributed by atoms with van der Waals surface area (Å²) >= 11 is 1.21. The van der Waals surface area contributed by atoms with Gasteiger partial charge < -0.3 is 16.2 Å². The molecule has 0 radical (unpaired) electrons. The van der Waals surface area contributed by atoms with Crippen LogP contribution >= 0.6 is 11.3 Å². The first-order valence-corrected chi connectivity index (χ1v) is 9.52. The topological polar surface area (TPSA) is 124 Å². The number of nitrogens with two attached hydrogens (primary N) is 2. The zero-order valence-electron chi connectivity index (χ0n) is 15.3. The van der Waals surface area contributed by atoms with Crippen molar-refractivity contribution < 1.29 is 14.3 Å². The van der Waals surface area contributed by atoms with Crippen LogP contribution in [0.15, 0.2) is 24.4 Å². The van der Waals surface area contributed by atoms with Crippen LogP contribution in [-0.4, -0.2) is 47.1 Å². The van der Waals surface area contributed by atoms with E-state index in [1.807, 2.05) is 6.07 Å². The number of nitrogens with zero attached hydrogens (tertiary/aromatic N) is 2. The van der Waals surface area contributed by atoms with E-state index in [-0.39, 0.29) is 11.7 Å². The van der Waals surface area contributed by atoms with Crippen LogP contribution in [-0.2, 0) is 0 Å². The minimum absolute atomic E-state index is 0.139. The van der Waals surface area contributed by atoms with Crippen molar-refractivity contribution in [2.24, 2.45) is 11.5 Å². The minimum Gasteiger partial charge on any atom is -0.473 e. The molecule has 9 heteroatoms. The Balaban J connectivity index is 1.72. The van der Waals surface area contributed by atoms with Gasteiger partial charge in [-0.25, -0.2) is 9.78 Å². The van der Waals surface area contributed by atoms with Crippen LogP contribution < -0.4 is 21.5 Å². The molecular weight excluding hydrogens is 366 g/mol. The zero-order chi connectivity index (χ0) is 19.6. The van der Waals surface area contributed by atoms with Crippen molar-refractivity contribution in [2.45, 2.75) is 32.4 Å². The van der Waals surface area contributed by atoms with Crippen molar-refractivity contribution in [3.8, 4) is 16.3 Å². The fourth-order valence-corrected chi connectivity index (χ4v) is 4.06. The van der Waals surface area contributed by atoms with Gasteiger partial charge in [0.1, 0.15) is 11.1 Å². The highest BCUT2D eigenvalue weighted by Crippen LogP contribution is 2.35. The number of thiophene rings is 1. The molecule has 1 atom stereocenters. The van der Waals surface area contributed by atoms with E-state index < -0.39 is 11.9 Å². The molecule has 0 aliphatic carbocycles. The molecule has 0 spiro atoms. The quantitative estimate of drug-likeness (QED) is 0.699. The lowest BCUT2D eigenvalue weighted by Gasteiger charge is -2.20. The molecule has 3 rings (SSSR count). The van der Waals surface area contributed by atoms with E-state index in [2.05, 4.69) is 29.0 Å². The summed E-state index contributed by atoms with van der Waals surface area (Å²) in [7, 11) is 0. The Bertz CT molecular complexity index is 834. The van der Waals surface area contributed by atoms with E-state index in [0.29, 0.717) is 16.9 Å². The maximum absolute atomic E-state index is 11.6. The van der Waals surface area contributed by atoms with E-state index in [1.54, 1.807) is 18.3 Å². The summed E-state index contributed by atoms with van der Waals surface area (Å²) in [6, 6.07) is 5.04. The van der Waals surface area contributed by atoms with Crippen molar-refractivity contribution in [3.63, 3.8) is 0 Å². The number of carbonyl (C=O) groups excluding carboxylic acids is 2. The van der Waals surface area contributed by atoms with Crippen LogP contribution in [0.3, 0.4) is 0 Å². The summed E-state index contributed by atoms with van der Waals surface area (Å²) in [5.74, 6) is -0.0679. The molecule has 1 aliphatic heterocycles. The van der Waals surface area contributed by atoms with Gasteiger partial charge in [-0.2, -0.15) is 0 Å². The predicted octanol–water partition coefficient (Wildman–Crippen LogP) is 2.26. The first kappa shape index (κ1) is 19.1. The number of anilines is 1. The van der Waals surface area contributed by atoms with Crippen molar-refractivity contribution in [2.75, 3.05) is 18.4 Å². The monoisotopic (exact) mass is 389 g/mol. The number of ether oxygens (including phenoxy) is 1. The lowest BCUT2D eigenvalue weighted by Crippen LogP contribution is -2.30. The third kappa shape index (κ3) is 4.55. The van der Waals surface area contributed by atoms with Gasteiger partial charge in [0.25, 0.3) is 5.91 Å². The van der Waals surface area contributed by atoms with Crippen LogP contribution in [0.1, 0.15) is 30.6 Å². The van der Waals surface area contributed by atoms with Gasteiger partial charge in [0.15, 0.2) is 0 Å². The summed E-state index contributed by atoms with van der Waals surface area (Å²) in [5, 5.41) is 2.75. The zero-order valence-corrected chi connectivity index (χ0v) is 16.1. The Hall–Kier alpha value is -2.65. The molecule has 1 aliphatic rings. The van der Waals surface area contributed by atoms with Gasteiger partial charge in [-0.1, -0.05) is 0 Å². The second-order valence-electron chi connectivity index (χ2n) is 6.71. The van der Waals surface area contributed by atoms with E-state index in [4.69, 9.17) is 16.2 Å². The van der Waals surface area contributed by atoms with Crippen molar-refractivity contribution in [1.82, 2.24) is 9.88 Å². The number of hydrogen-bond acceptors (Lipinski definition) is 6. The maximum atomic E-state index is 11.6. The molecule has 1 saturated heterocycles. The smallest absolute Gasteiger partial charge is 0.317 e. The normalized spacial score (nSPS) is 17.2. The van der Waals surface area contributed by atoms with Crippen LogP contribution in [0.25, 0.3) is 10.4 Å². The SMILES string of the molecule is CC(C)N1CCC(Oc2ccc(-c3cc(C(N)=O)c(NC(N)=O)s3)cn2)C1. The second kappa shape index (κ2) is 7.93. The Morgan fingerprint density at radius 3 is 2.70 bits per heavy atom. The lowest BCUT2D eigenvalue weighted by molar-refractivity contribution is 0.100. The molecule has 3 heterocycles. The van der Waals surface area contributed by atoms with Crippen LogP contribution in [0.4, 0.5) is 9.80 Å². The molecular formula is C18H23N5O3S. The number of urea groups is 1. The van der Waals surface area contributed by atoms with Crippen LogP contribution in [0.2, 0.25) is 0 Å². The van der Waals surface area contributed by atoms with E-state index in [0.717, 1.165) is 30.0 Å². The third-order valence-corrected chi connectivity index (χ3v) is 5.55. The van der Waals surface area contributed by atoms with Gasteiger partial charge >= 0.3 is 6.03 Å². The average Bonchev–Trinajstić information content (AvgIpc) is 3.22. The fourth-order valence-electron chi connectivity index (χ4n) is 3.01. The number of nitrogens with one attached hydrogen (secondary N) is 1. The van der Waals surface area contributed by atoms with Crippen molar-refractivity contribution in [3.05, 3.63) is 30.0 Å². The summed E-state index contributed by atoms with van der Waals surface area (Å²) < 4.78 is 5.97. The molecule has 2 aromatic heterocycles. The number of likely N-dealkylation sites (tertiary alicyclic amines) is 1. The summed E-state index contributed by atoms with van der Waals surface area (Å²) in [4.78, 5) is 30.2. The Labute approximate surface area is 161 Å². The van der Waals surface area contributed by atoms with Gasteiger partial charge in [0, 0.05) is 41.8 Å². The third-order valence-electron chi connectivity index (χ3n) is 4.45. The van der Waals surface area contributed by atoms with Gasteiger partial charge in [-0.15, -0.1) is 11.3 Å². The highest BCUT2D eigenvalue weighted by Gasteiger charge is 2.25. The van der Waals surface area contributed by atoms with Gasteiger partial charge in [-0.3, -0.25) is 15.0 Å². The standard InChI is InChI=1S/C18H23N5O3S/c1-10(2)23-6-5-12(9-23)26-15-4-3-11(8-21-15)14-7-13(16(19)24)17(27-14)22-18(20)25/h3-4,7-8,10,12H,5-6,9H2,1-2H3,(H2,19,24)(H3,20,22,25). The predicted molar refractivity (Wildman–Crippen MR) is 105 cm³/mol. The van der Waals surface area contributed by atoms with Crippen molar-refractivity contribution in [1.29, 1.82) is 0 Å². The Kier molecular flexibility index (Phi) is 5.62. The molecule has 144 valence electrons. The summed E-state index contributed by atoms with van der Waals surface area (Å²) in [6.07, 6.45) is 2.80. The largest absolute Gasteiger partial charge is 0.473 e. The second-order valence-corrected chi connectivity index (χ2v) is 7.76. The molecule has 0 saturated carbocycles. The molecule has 1 unspecified atom stereocenters. The molecule has 8 nitrogen and oxygen atoms in total. The highest BCUT2D eigenvalue weighted by atomic mass is 32.1. The van der Waals surface area contributed by atoms with Gasteiger partial charge in [-0.05, 0) is 32.4 Å². The average molecular weight is 389 g/mol. The lowest BCUT2D eigenvalue weighted by atomic mass is 10.2. The first-order valence-electron chi connectivity index (χ1n) is 8.70. The fraction of sp³-hybridized carbons (Fsp3) is 0.389. The maximum Gasteiger partial charge on any atom is 0.317 e. The van der Waals surface area contributed by atoms with Gasteiger partial charge in [0.05, 0.1) is 5.56 Å². The number of hydrogen-bond donors (Lipinski definition) is 3. The summed E-state index contributed by atoms with van der Waals surface area (Å²) in [5.41, 5.74) is 11.5. The number of aromatic nitrogens is 1. The van der Waals surface area contributed by atoms with Crippen molar-refractivity contribution >= 4 is 28.3 Å². The van der Waals surface area contributed by atoms with E-state index in [1.165, 1.54) is 11.3 Å². The number of primary amides is 2. The minimum atomic E-state index is -0.750. The molecule has 0 aromatic carbocycles. The van der Waals surface area contributed by atoms with E-state index in [9.17, 15) is 9.59 Å². The number of pyridine rings is 1. The Morgan fingerprint density at radius 1 is 1.37 bits per heavy atom. The first-order chi connectivity index (χ1) is 12.8. The van der Waals surface area contributed by atoms with Crippen LogP contribution in [0, 0.1) is 0 Å². The van der Waals surface area contributed by atoms with E-state index >= 15 is 0 Å². The molecule has 0 bridgehead atoms. The number of rotatable bonds is 6. The molecule has 3 amide bonds. The Morgan fingerprint density at radius 2 is 2.15 bits per heavy atom. The summed E-state index contributed by atoms with van der Waals surface area (Å²) in [6.45, 7) is 6.29. The molecule has 27 heavy (non-hydrogen) atoms. The van der Waals surface area contributed by atoms with Crippen LogP contribution in [0.5, 0.6) is 5.88 Å². The highest BCUT2D eigenvalue weighted by molar-refractivity contribution is 7.20. The molecule has 2 aromatic rings. The number of carbonyl (C=O) groups is 2. The molecule has 1 fully saturated rings. The number of amides is 3. The molecule has 5 N–H and O–H groups in total.